The average Bonchev–Trinajstić information content (AvgIpc) is 1.94. The quantitative estimate of drug-likeness (QED) is 0.701. The number of aliphatic hydroxyl groups excluding tert-OH is 1. The predicted molar refractivity (Wildman–Crippen MR) is 55.3 cm³/mol. The van der Waals surface area contributed by atoms with Gasteiger partial charge in [-0.05, 0) is 43.4 Å². The van der Waals surface area contributed by atoms with E-state index in [0.717, 1.165) is 18.3 Å². The predicted octanol–water partition coefficient (Wildman–Crippen LogP) is 1.77. The molecule has 13 heavy (non-hydrogen) atoms. The van der Waals surface area contributed by atoms with Crippen LogP contribution in [0.3, 0.4) is 0 Å². The third-order valence-corrected chi connectivity index (χ3v) is 3.86. The summed E-state index contributed by atoms with van der Waals surface area (Å²) in [7, 11) is 0. The Morgan fingerprint density at radius 3 is 2.23 bits per heavy atom. The third kappa shape index (κ3) is 2.05. The van der Waals surface area contributed by atoms with Crippen molar-refractivity contribution in [2.45, 2.75) is 46.1 Å². The van der Waals surface area contributed by atoms with Gasteiger partial charge in [0.05, 0.1) is 0 Å². The van der Waals surface area contributed by atoms with E-state index >= 15 is 0 Å². The van der Waals surface area contributed by atoms with Gasteiger partial charge in [-0.25, -0.2) is 0 Å². The fourth-order valence-corrected chi connectivity index (χ4v) is 2.48. The normalized spacial score (nSPS) is 36.0. The highest BCUT2D eigenvalue weighted by molar-refractivity contribution is 4.99. The molecule has 0 heterocycles. The van der Waals surface area contributed by atoms with Crippen molar-refractivity contribution >= 4 is 0 Å². The van der Waals surface area contributed by atoms with Crippen molar-refractivity contribution in [3.63, 3.8) is 0 Å². The maximum Gasteiger partial charge on any atom is 0.0436 e. The number of rotatable bonds is 4. The second-order valence-corrected chi connectivity index (χ2v) is 5.04. The van der Waals surface area contributed by atoms with Crippen molar-refractivity contribution in [3.8, 4) is 0 Å². The first-order valence-electron chi connectivity index (χ1n) is 5.38. The summed E-state index contributed by atoms with van der Waals surface area (Å²) >= 11 is 0. The van der Waals surface area contributed by atoms with Crippen LogP contribution in [-0.4, -0.2) is 17.8 Å². The molecule has 0 aromatic heterocycles. The summed E-state index contributed by atoms with van der Waals surface area (Å²) < 4.78 is 0. The Hall–Kier alpha value is -0.0800. The molecule has 0 aromatic rings. The van der Waals surface area contributed by atoms with Gasteiger partial charge in [-0.3, -0.25) is 0 Å². The zero-order valence-electron chi connectivity index (χ0n) is 9.09. The molecule has 1 saturated carbocycles. The van der Waals surface area contributed by atoms with E-state index in [-0.39, 0.29) is 18.1 Å². The van der Waals surface area contributed by atoms with Gasteiger partial charge < -0.3 is 10.8 Å². The molecular formula is C11H23NO. The molecule has 0 amide bonds. The van der Waals surface area contributed by atoms with E-state index < -0.39 is 0 Å². The summed E-state index contributed by atoms with van der Waals surface area (Å²) in [5.74, 6) is 1.60. The lowest BCUT2D eigenvalue weighted by Gasteiger charge is -2.52. The molecule has 0 spiro atoms. The van der Waals surface area contributed by atoms with Gasteiger partial charge in [-0.1, -0.05) is 13.8 Å². The summed E-state index contributed by atoms with van der Waals surface area (Å²) in [6, 6.07) is 0.231. The summed E-state index contributed by atoms with van der Waals surface area (Å²) in [6.07, 6.45) is 3.31. The van der Waals surface area contributed by atoms with Gasteiger partial charge in [0.1, 0.15) is 0 Å². The largest absolute Gasteiger partial charge is 0.396 e. The maximum absolute atomic E-state index is 8.99. The summed E-state index contributed by atoms with van der Waals surface area (Å²) in [6.45, 7) is 6.90. The number of hydrogen-bond donors (Lipinski definition) is 2. The van der Waals surface area contributed by atoms with Crippen molar-refractivity contribution in [1.82, 2.24) is 0 Å². The zero-order valence-corrected chi connectivity index (χ0v) is 9.09. The Morgan fingerprint density at radius 1 is 1.38 bits per heavy atom. The van der Waals surface area contributed by atoms with Gasteiger partial charge >= 0.3 is 0 Å². The Bertz CT molecular complexity index is 159. The van der Waals surface area contributed by atoms with Crippen molar-refractivity contribution in [2.75, 3.05) is 6.61 Å². The lowest BCUT2D eigenvalue weighted by Crippen LogP contribution is -2.51. The minimum atomic E-state index is 0.231. The van der Waals surface area contributed by atoms with E-state index in [0.29, 0.717) is 0 Å². The third-order valence-electron chi connectivity index (χ3n) is 3.86. The van der Waals surface area contributed by atoms with E-state index in [1.165, 1.54) is 12.8 Å². The molecule has 0 saturated heterocycles. The molecule has 1 aliphatic carbocycles. The van der Waals surface area contributed by atoms with E-state index in [9.17, 15) is 0 Å². The zero-order chi connectivity index (χ0) is 10.1. The number of nitrogens with two attached hydrogens (primary N) is 1. The Morgan fingerprint density at radius 2 is 1.92 bits per heavy atom. The molecule has 2 heteroatoms. The van der Waals surface area contributed by atoms with Crippen LogP contribution in [-0.2, 0) is 0 Å². The van der Waals surface area contributed by atoms with E-state index in [1.807, 2.05) is 0 Å². The van der Waals surface area contributed by atoms with Gasteiger partial charge in [-0.15, -0.1) is 0 Å². The highest BCUT2D eigenvalue weighted by Crippen LogP contribution is 2.52. The molecule has 0 aliphatic heterocycles. The summed E-state index contributed by atoms with van der Waals surface area (Å²) in [5.41, 5.74) is 6.22. The fraction of sp³-hybridized carbons (Fsp3) is 1.00. The maximum atomic E-state index is 8.99. The van der Waals surface area contributed by atoms with E-state index in [4.69, 9.17) is 10.8 Å². The Labute approximate surface area is 81.5 Å². The average molecular weight is 185 g/mol. The topological polar surface area (TPSA) is 46.2 Å². The second kappa shape index (κ2) is 3.97. The van der Waals surface area contributed by atoms with Gasteiger partial charge in [0.15, 0.2) is 0 Å². The first kappa shape index (κ1) is 11.0. The lowest BCUT2D eigenvalue weighted by molar-refractivity contribution is -0.0141. The monoisotopic (exact) mass is 185 g/mol. The van der Waals surface area contributed by atoms with Crippen LogP contribution in [0.2, 0.25) is 0 Å². The van der Waals surface area contributed by atoms with Crippen molar-refractivity contribution in [1.29, 1.82) is 0 Å². The molecule has 78 valence electrons. The number of hydrogen-bond acceptors (Lipinski definition) is 2. The lowest BCUT2D eigenvalue weighted by atomic mass is 9.54. The van der Waals surface area contributed by atoms with Crippen LogP contribution in [0, 0.1) is 17.3 Å². The van der Waals surface area contributed by atoms with Crippen LogP contribution in [0.25, 0.3) is 0 Å². The minimum absolute atomic E-state index is 0.231. The van der Waals surface area contributed by atoms with Crippen molar-refractivity contribution in [3.05, 3.63) is 0 Å². The Kier molecular flexibility index (Phi) is 3.36. The molecular weight excluding hydrogens is 162 g/mol. The first-order chi connectivity index (χ1) is 6.02. The Balaban J connectivity index is 2.48. The molecule has 1 aliphatic rings. The molecule has 0 radical (unpaired) electrons. The smallest absolute Gasteiger partial charge is 0.0436 e. The van der Waals surface area contributed by atoms with Crippen molar-refractivity contribution < 1.29 is 5.11 Å². The highest BCUT2D eigenvalue weighted by atomic mass is 16.3. The second-order valence-electron chi connectivity index (χ2n) is 5.04. The number of aliphatic hydroxyl groups is 1. The van der Waals surface area contributed by atoms with Crippen molar-refractivity contribution in [2.24, 2.45) is 23.0 Å². The van der Waals surface area contributed by atoms with Crippen LogP contribution in [0.1, 0.15) is 40.0 Å². The minimum Gasteiger partial charge on any atom is -0.396 e. The van der Waals surface area contributed by atoms with Gasteiger partial charge in [-0.2, -0.15) is 0 Å². The molecule has 0 aromatic carbocycles. The van der Waals surface area contributed by atoms with Gasteiger partial charge in [0.25, 0.3) is 0 Å². The van der Waals surface area contributed by atoms with E-state index in [1.54, 1.807) is 0 Å². The standard InChI is InChI=1S/C11H23NO/c1-8(2)10-6-11(7-10,4-5-13)9(3)12/h8-10,13H,4-7,12H2,1-3H3. The first-order valence-corrected chi connectivity index (χ1v) is 5.38. The van der Waals surface area contributed by atoms with E-state index in [2.05, 4.69) is 20.8 Å². The van der Waals surface area contributed by atoms with Crippen LogP contribution in [0.4, 0.5) is 0 Å². The molecule has 1 unspecified atom stereocenters. The van der Waals surface area contributed by atoms with Crippen LogP contribution in [0.5, 0.6) is 0 Å². The molecule has 1 rings (SSSR count). The fourth-order valence-electron chi connectivity index (χ4n) is 2.48. The molecule has 1 atom stereocenters. The SMILES string of the molecule is CC(C)C1CC(CCO)(C(C)N)C1. The van der Waals surface area contributed by atoms with Gasteiger partial charge in [0.2, 0.25) is 0 Å². The van der Waals surface area contributed by atoms with Crippen LogP contribution >= 0.6 is 0 Å². The molecule has 0 bridgehead atoms. The van der Waals surface area contributed by atoms with Crippen LogP contribution < -0.4 is 5.73 Å². The molecule has 1 fully saturated rings. The molecule has 3 N–H and O–H groups in total. The highest BCUT2D eigenvalue weighted by Gasteiger charge is 2.46. The summed E-state index contributed by atoms with van der Waals surface area (Å²) in [4.78, 5) is 0. The molecule has 2 nitrogen and oxygen atoms in total. The summed E-state index contributed by atoms with van der Waals surface area (Å²) in [5, 5.41) is 8.99. The van der Waals surface area contributed by atoms with Gasteiger partial charge in [0, 0.05) is 12.6 Å². The van der Waals surface area contributed by atoms with Crippen LogP contribution in [0.15, 0.2) is 0 Å².